The zero-order valence-electron chi connectivity index (χ0n) is 14.6. The molecule has 0 saturated carbocycles. The Morgan fingerprint density at radius 2 is 1.67 bits per heavy atom. The summed E-state index contributed by atoms with van der Waals surface area (Å²) in [4.78, 5) is 19.3. The van der Waals surface area contributed by atoms with Gasteiger partial charge in [0.15, 0.2) is 0 Å². The summed E-state index contributed by atoms with van der Waals surface area (Å²) in [5, 5.41) is 0.957. The van der Waals surface area contributed by atoms with Crippen molar-refractivity contribution in [3.8, 4) is 5.75 Å². The van der Waals surface area contributed by atoms with Crippen molar-refractivity contribution in [2.75, 3.05) is 20.6 Å². The Hall–Kier alpha value is -2.59. The number of carbonyl (C=O) groups excluding carboxylic acids is 1. The molecule has 0 unspecified atom stereocenters. The first-order valence-corrected chi connectivity index (χ1v) is 8.17. The molecule has 0 aliphatic carbocycles. The van der Waals surface area contributed by atoms with E-state index >= 15 is 0 Å². The van der Waals surface area contributed by atoms with E-state index in [0.717, 1.165) is 28.9 Å². The van der Waals surface area contributed by atoms with Gasteiger partial charge in [-0.1, -0.05) is 30.3 Å². The van der Waals surface area contributed by atoms with Crippen LogP contribution in [0.2, 0.25) is 0 Å². The molecule has 0 spiro atoms. The summed E-state index contributed by atoms with van der Waals surface area (Å²) in [7, 11) is 4.01. The summed E-state index contributed by atoms with van der Waals surface area (Å²) in [6.07, 6.45) is 0. The lowest BCUT2D eigenvalue weighted by Crippen LogP contribution is -2.42. The topological polar surface area (TPSA) is 31.2 Å². The number of nitrogens with zero attached hydrogens (tertiary/aromatic N) is 2. The molecule has 0 fully saturated rings. The Morgan fingerprint density at radius 3 is 2.33 bits per heavy atom. The zero-order valence-corrected chi connectivity index (χ0v) is 14.6. The third-order valence-corrected chi connectivity index (χ3v) is 4.38. The molecular formula is C20H23N2O2+. The predicted octanol–water partition coefficient (Wildman–Crippen LogP) is 4.03. The Morgan fingerprint density at radius 1 is 1.04 bits per heavy atom. The Balaban J connectivity index is 2.19. The van der Waals surface area contributed by atoms with Gasteiger partial charge in [0, 0.05) is 10.9 Å². The second-order valence-corrected chi connectivity index (χ2v) is 6.42. The molecule has 124 valence electrons. The van der Waals surface area contributed by atoms with Gasteiger partial charge in [-0.25, -0.2) is 0 Å². The van der Waals surface area contributed by atoms with Crippen molar-refractivity contribution >= 4 is 16.8 Å². The van der Waals surface area contributed by atoms with Crippen molar-refractivity contribution in [1.82, 2.24) is 4.57 Å². The van der Waals surface area contributed by atoms with E-state index in [-0.39, 0.29) is 5.91 Å². The van der Waals surface area contributed by atoms with Gasteiger partial charge in [-0.05, 0) is 38.1 Å². The number of hydrogen-bond donors (Lipinski definition) is 0. The predicted molar refractivity (Wildman–Crippen MR) is 96.1 cm³/mol. The fraction of sp³-hybridized carbons (Fsp3) is 0.250. The van der Waals surface area contributed by atoms with Crippen molar-refractivity contribution in [3.63, 3.8) is 0 Å². The van der Waals surface area contributed by atoms with Crippen molar-refractivity contribution in [2.24, 2.45) is 0 Å². The lowest BCUT2D eigenvalue weighted by atomic mass is 10.2. The molecule has 0 radical (unpaired) electrons. The molecule has 0 N–H and O–H groups in total. The number of para-hydroxylation sites is 1. The molecule has 1 aromatic heterocycles. The largest absolute Gasteiger partial charge is 0.313 e. The number of benzene rings is 2. The van der Waals surface area contributed by atoms with Crippen LogP contribution in [0, 0.1) is 6.92 Å². The molecule has 2 aromatic carbocycles. The minimum atomic E-state index is -0.0408. The maximum atomic E-state index is 13.0. The molecule has 24 heavy (non-hydrogen) atoms. The van der Waals surface area contributed by atoms with E-state index in [2.05, 4.69) is 6.92 Å². The van der Waals surface area contributed by atoms with Gasteiger partial charge in [0.1, 0.15) is 20.6 Å². The molecule has 0 aliphatic heterocycles. The van der Waals surface area contributed by atoms with Crippen molar-refractivity contribution in [3.05, 3.63) is 65.9 Å². The smallest absolute Gasteiger partial charge is 0.262 e. The van der Waals surface area contributed by atoms with Crippen LogP contribution in [-0.2, 0) is 0 Å². The van der Waals surface area contributed by atoms with E-state index in [1.165, 1.54) is 0 Å². The highest BCUT2D eigenvalue weighted by atomic mass is 16.7. The molecular weight excluding hydrogens is 300 g/mol. The van der Waals surface area contributed by atoms with E-state index in [1.54, 1.807) is 4.57 Å². The monoisotopic (exact) mass is 323 g/mol. The van der Waals surface area contributed by atoms with E-state index in [9.17, 15) is 4.79 Å². The van der Waals surface area contributed by atoms with Crippen molar-refractivity contribution < 1.29 is 14.3 Å². The Labute approximate surface area is 142 Å². The van der Waals surface area contributed by atoms with Crippen molar-refractivity contribution in [2.45, 2.75) is 13.8 Å². The van der Waals surface area contributed by atoms with E-state index in [4.69, 9.17) is 4.84 Å². The number of hydroxylamine groups is 3. The summed E-state index contributed by atoms with van der Waals surface area (Å²) >= 11 is 0. The number of quaternary nitrogens is 1. The molecule has 0 aliphatic rings. The highest BCUT2D eigenvalue weighted by Gasteiger charge is 2.25. The number of carbonyl (C=O) groups is 1. The molecule has 1 heterocycles. The van der Waals surface area contributed by atoms with Crippen LogP contribution in [0.15, 0.2) is 54.6 Å². The molecule has 0 bridgehead atoms. The van der Waals surface area contributed by atoms with Crippen LogP contribution in [-0.4, -0.2) is 35.8 Å². The molecule has 4 nitrogen and oxygen atoms in total. The first-order chi connectivity index (χ1) is 11.4. The molecule has 0 saturated heterocycles. The molecule has 4 heteroatoms. The lowest BCUT2D eigenvalue weighted by molar-refractivity contribution is -1.05. The minimum absolute atomic E-state index is 0.0408. The van der Waals surface area contributed by atoms with Crippen LogP contribution >= 0.6 is 0 Å². The fourth-order valence-corrected chi connectivity index (χ4v) is 2.74. The second-order valence-electron chi connectivity index (χ2n) is 6.42. The molecule has 0 atom stereocenters. The average molecular weight is 323 g/mol. The van der Waals surface area contributed by atoms with E-state index in [1.807, 2.05) is 75.6 Å². The highest BCUT2D eigenvalue weighted by Crippen LogP contribution is 2.34. The first-order valence-electron chi connectivity index (χ1n) is 8.17. The lowest BCUT2D eigenvalue weighted by Gasteiger charge is -2.25. The summed E-state index contributed by atoms with van der Waals surface area (Å²) in [5.41, 5.74) is 2.36. The van der Waals surface area contributed by atoms with Gasteiger partial charge in [-0.2, -0.15) is 0 Å². The normalized spacial score (nSPS) is 11.7. The number of rotatable bonds is 4. The zero-order chi connectivity index (χ0) is 17.3. The summed E-state index contributed by atoms with van der Waals surface area (Å²) in [5.74, 6) is 0.725. The van der Waals surface area contributed by atoms with Crippen LogP contribution in [0.1, 0.15) is 23.0 Å². The highest BCUT2D eigenvalue weighted by molar-refractivity contribution is 6.04. The first kappa shape index (κ1) is 16.3. The third-order valence-electron chi connectivity index (χ3n) is 4.38. The standard InChI is InChI=1S/C20H23N2O2/c1-5-22(3,4)24-19-15(2)21(18-14-10-9-13-17(18)19)20(23)16-11-7-6-8-12-16/h6-14H,5H2,1-4H3/q+1. The van der Waals surface area contributed by atoms with Gasteiger partial charge in [0.2, 0.25) is 5.75 Å². The number of hydrogen-bond acceptors (Lipinski definition) is 2. The van der Waals surface area contributed by atoms with Gasteiger partial charge in [-0.15, -0.1) is 4.65 Å². The summed E-state index contributed by atoms with van der Waals surface area (Å²) in [6.45, 7) is 4.83. The number of fused-ring (bicyclic) bond motifs is 1. The minimum Gasteiger partial charge on any atom is -0.313 e. The molecule has 3 aromatic rings. The quantitative estimate of drug-likeness (QED) is 0.536. The number of aromatic nitrogens is 1. The van der Waals surface area contributed by atoms with Crippen LogP contribution < -0.4 is 4.84 Å². The summed E-state index contributed by atoms with van der Waals surface area (Å²) in [6, 6.07) is 17.2. The van der Waals surface area contributed by atoms with Crippen LogP contribution in [0.5, 0.6) is 5.75 Å². The van der Waals surface area contributed by atoms with E-state index < -0.39 is 0 Å². The van der Waals surface area contributed by atoms with Gasteiger partial charge in [-0.3, -0.25) is 9.36 Å². The van der Waals surface area contributed by atoms with Crippen molar-refractivity contribution in [1.29, 1.82) is 0 Å². The van der Waals surface area contributed by atoms with Crippen LogP contribution in [0.3, 0.4) is 0 Å². The molecule has 0 amide bonds. The van der Waals surface area contributed by atoms with Gasteiger partial charge >= 0.3 is 0 Å². The fourth-order valence-electron chi connectivity index (χ4n) is 2.74. The van der Waals surface area contributed by atoms with Crippen LogP contribution in [0.4, 0.5) is 0 Å². The second kappa shape index (κ2) is 6.13. The average Bonchev–Trinajstić information content (AvgIpc) is 2.87. The van der Waals surface area contributed by atoms with Gasteiger partial charge in [0.25, 0.3) is 5.91 Å². The van der Waals surface area contributed by atoms with E-state index in [0.29, 0.717) is 10.2 Å². The van der Waals surface area contributed by atoms with Gasteiger partial charge < -0.3 is 4.84 Å². The maximum absolute atomic E-state index is 13.0. The SMILES string of the molecule is CC[N+](C)(C)Oc1c(C)n(C(=O)c2ccccc2)c2ccccc12. The third kappa shape index (κ3) is 2.81. The van der Waals surface area contributed by atoms with Gasteiger partial charge in [0.05, 0.1) is 11.2 Å². The summed E-state index contributed by atoms with van der Waals surface area (Å²) < 4.78 is 2.14. The Bertz CT molecular complexity index is 879. The molecule has 3 rings (SSSR count). The maximum Gasteiger partial charge on any atom is 0.262 e. The van der Waals surface area contributed by atoms with Crippen LogP contribution in [0.25, 0.3) is 10.9 Å². The Kier molecular flexibility index (Phi) is 4.16.